The molecule has 2 rings (SSSR count). The Morgan fingerprint density at radius 3 is 2.50 bits per heavy atom. The van der Waals surface area contributed by atoms with Crippen molar-refractivity contribution in [2.75, 3.05) is 19.8 Å². The largest absolute Gasteiger partial charge is 0.343 e. The minimum atomic E-state index is -0.627. The standard InChI is InChI=1S/C10H14N2O2/c11-4-3-10(13-7-8-14-10)9-1-5-12-6-2-9/h1-2,5-6H,3-4,7-8,11H2. The SMILES string of the molecule is NCCC1(c2ccncc2)OCCO1. The first-order valence-corrected chi connectivity index (χ1v) is 4.76. The molecule has 2 N–H and O–H groups in total. The van der Waals surface area contributed by atoms with Gasteiger partial charge >= 0.3 is 0 Å². The molecule has 0 radical (unpaired) electrons. The van der Waals surface area contributed by atoms with Crippen molar-refractivity contribution in [3.8, 4) is 0 Å². The second-order valence-corrected chi connectivity index (χ2v) is 3.22. The summed E-state index contributed by atoms with van der Waals surface area (Å²) in [7, 11) is 0. The Bertz CT molecular complexity index is 283. The van der Waals surface area contributed by atoms with E-state index in [2.05, 4.69) is 4.98 Å². The summed E-state index contributed by atoms with van der Waals surface area (Å²) in [6, 6.07) is 3.81. The van der Waals surface area contributed by atoms with Gasteiger partial charge in [0.05, 0.1) is 13.2 Å². The quantitative estimate of drug-likeness (QED) is 0.766. The maximum absolute atomic E-state index is 5.64. The van der Waals surface area contributed by atoms with Crippen LogP contribution in [0.3, 0.4) is 0 Å². The van der Waals surface area contributed by atoms with Gasteiger partial charge < -0.3 is 15.2 Å². The molecule has 0 atom stereocenters. The first-order chi connectivity index (χ1) is 6.87. The number of nitrogens with zero attached hydrogens (tertiary/aromatic N) is 1. The first-order valence-electron chi connectivity index (χ1n) is 4.76. The van der Waals surface area contributed by atoms with Crippen LogP contribution < -0.4 is 5.73 Å². The Balaban J connectivity index is 2.27. The number of hydrogen-bond acceptors (Lipinski definition) is 4. The molecule has 14 heavy (non-hydrogen) atoms. The molecule has 0 unspecified atom stereocenters. The van der Waals surface area contributed by atoms with Gasteiger partial charge in [0.1, 0.15) is 0 Å². The highest BCUT2D eigenvalue weighted by Gasteiger charge is 2.37. The second-order valence-electron chi connectivity index (χ2n) is 3.22. The number of rotatable bonds is 3. The number of pyridine rings is 1. The maximum atomic E-state index is 5.64. The van der Waals surface area contributed by atoms with E-state index in [4.69, 9.17) is 15.2 Å². The summed E-state index contributed by atoms with van der Waals surface area (Å²) >= 11 is 0. The molecule has 0 saturated carbocycles. The molecule has 0 spiro atoms. The molecule has 0 aromatic carbocycles. The lowest BCUT2D eigenvalue weighted by Crippen LogP contribution is -2.30. The van der Waals surface area contributed by atoms with E-state index in [1.165, 1.54) is 0 Å². The molecule has 4 nitrogen and oxygen atoms in total. The molecule has 0 bridgehead atoms. The number of hydrogen-bond donors (Lipinski definition) is 1. The summed E-state index contributed by atoms with van der Waals surface area (Å²) in [5.41, 5.74) is 6.55. The van der Waals surface area contributed by atoms with E-state index in [9.17, 15) is 0 Å². The summed E-state index contributed by atoms with van der Waals surface area (Å²) in [6.45, 7) is 1.80. The maximum Gasteiger partial charge on any atom is 0.196 e. The minimum Gasteiger partial charge on any atom is -0.343 e. The highest BCUT2D eigenvalue weighted by molar-refractivity contribution is 5.17. The molecule has 76 valence electrons. The zero-order chi connectivity index (χ0) is 9.86. The highest BCUT2D eigenvalue weighted by Crippen LogP contribution is 2.33. The van der Waals surface area contributed by atoms with Crippen molar-refractivity contribution in [2.24, 2.45) is 5.73 Å². The van der Waals surface area contributed by atoms with Crippen molar-refractivity contribution < 1.29 is 9.47 Å². The fourth-order valence-corrected chi connectivity index (χ4v) is 1.71. The molecule has 1 fully saturated rings. The third-order valence-corrected chi connectivity index (χ3v) is 2.35. The van der Waals surface area contributed by atoms with E-state index >= 15 is 0 Å². The van der Waals surface area contributed by atoms with Gasteiger partial charge in [0, 0.05) is 24.4 Å². The van der Waals surface area contributed by atoms with Crippen LogP contribution in [0.4, 0.5) is 0 Å². The van der Waals surface area contributed by atoms with Gasteiger partial charge in [-0.05, 0) is 18.7 Å². The predicted octanol–water partition coefficient (Wildman–Crippen LogP) is 0.630. The first kappa shape index (κ1) is 9.58. The summed E-state index contributed by atoms with van der Waals surface area (Å²) in [6.07, 6.45) is 4.15. The lowest BCUT2D eigenvalue weighted by molar-refractivity contribution is -0.168. The van der Waals surface area contributed by atoms with Crippen molar-refractivity contribution in [3.05, 3.63) is 30.1 Å². The van der Waals surface area contributed by atoms with E-state index in [0.29, 0.717) is 26.2 Å². The van der Waals surface area contributed by atoms with E-state index in [0.717, 1.165) is 5.56 Å². The summed E-state index contributed by atoms with van der Waals surface area (Å²) < 4.78 is 11.3. The van der Waals surface area contributed by atoms with Gasteiger partial charge in [-0.25, -0.2) is 0 Å². The van der Waals surface area contributed by atoms with E-state index in [1.807, 2.05) is 12.1 Å². The van der Waals surface area contributed by atoms with Gasteiger partial charge in [-0.3, -0.25) is 4.98 Å². The van der Waals surface area contributed by atoms with Crippen LogP contribution in [0.2, 0.25) is 0 Å². The lowest BCUT2D eigenvalue weighted by Gasteiger charge is -2.26. The molecule has 1 aliphatic heterocycles. The van der Waals surface area contributed by atoms with Crippen LogP contribution in [0.1, 0.15) is 12.0 Å². The van der Waals surface area contributed by atoms with Gasteiger partial charge in [0.25, 0.3) is 0 Å². The van der Waals surface area contributed by atoms with Crippen LogP contribution in [0, 0.1) is 0 Å². The summed E-state index contributed by atoms with van der Waals surface area (Å²) in [5, 5.41) is 0. The number of nitrogens with two attached hydrogens (primary N) is 1. The van der Waals surface area contributed by atoms with E-state index < -0.39 is 5.79 Å². The van der Waals surface area contributed by atoms with Gasteiger partial charge in [0.15, 0.2) is 5.79 Å². The monoisotopic (exact) mass is 194 g/mol. The van der Waals surface area contributed by atoms with Crippen LogP contribution in [0.25, 0.3) is 0 Å². The minimum absolute atomic E-state index is 0.544. The molecule has 0 aliphatic carbocycles. The van der Waals surface area contributed by atoms with Gasteiger partial charge in [-0.2, -0.15) is 0 Å². The molecule has 1 aliphatic rings. The molecule has 1 aromatic heterocycles. The fraction of sp³-hybridized carbons (Fsp3) is 0.500. The summed E-state index contributed by atoms with van der Waals surface area (Å²) in [5.74, 6) is -0.627. The topological polar surface area (TPSA) is 57.4 Å². The molecular weight excluding hydrogens is 180 g/mol. The Labute approximate surface area is 83.0 Å². The van der Waals surface area contributed by atoms with Crippen LogP contribution in [-0.2, 0) is 15.3 Å². The van der Waals surface area contributed by atoms with E-state index in [1.54, 1.807) is 12.4 Å². The van der Waals surface area contributed by atoms with Crippen LogP contribution in [0.15, 0.2) is 24.5 Å². The van der Waals surface area contributed by atoms with E-state index in [-0.39, 0.29) is 0 Å². The molecule has 0 amide bonds. The molecule has 1 saturated heterocycles. The zero-order valence-corrected chi connectivity index (χ0v) is 7.98. The Hall–Kier alpha value is -0.970. The highest BCUT2D eigenvalue weighted by atomic mass is 16.7. The third-order valence-electron chi connectivity index (χ3n) is 2.35. The van der Waals surface area contributed by atoms with Gasteiger partial charge in [-0.1, -0.05) is 0 Å². The van der Waals surface area contributed by atoms with Gasteiger partial charge in [0.2, 0.25) is 0 Å². The van der Waals surface area contributed by atoms with Crippen LogP contribution >= 0.6 is 0 Å². The van der Waals surface area contributed by atoms with Crippen LogP contribution in [0.5, 0.6) is 0 Å². The summed E-state index contributed by atoms with van der Waals surface area (Å²) in [4.78, 5) is 3.97. The fourth-order valence-electron chi connectivity index (χ4n) is 1.71. The van der Waals surface area contributed by atoms with Gasteiger partial charge in [-0.15, -0.1) is 0 Å². The smallest absolute Gasteiger partial charge is 0.196 e. The zero-order valence-electron chi connectivity index (χ0n) is 7.98. The average molecular weight is 194 g/mol. The third kappa shape index (κ3) is 1.64. The molecule has 1 aromatic rings. The predicted molar refractivity (Wildman–Crippen MR) is 51.5 cm³/mol. The normalized spacial score (nSPS) is 19.8. The average Bonchev–Trinajstić information content (AvgIpc) is 2.70. The number of ether oxygens (including phenoxy) is 2. The number of aromatic nitrogens is 1. The van der Waals surface area contributed by atoms with Crippen molar-refractivity contribution in [1.82, 2.24) is 4.98 Å². The van der Waals surface area contributed by atoms with Crippen LogP contribution in [-0.4, -0.2) is 24.7 Å². The second kappa shape index (κ2) is 4.04. The molecular formula is C10H14N2O2. The van der Waals surface area contributed by atoms with Crippen molar-refractivity contribution in [2.45, 2.75) is 12.2 Å². The Morgan fingerprint density at radius 2 is 1.93 bits per heavy atom. The van der Waals surface area contributed by atoms with Crippen molar-refractivity contribution in [3.63, 3.8) is 0 Å². The Morgan fingerprint density at radius 1 is 1.29 bits per heavy atom. The van der Waals surface area contributed by atoms with Crippen molar-refractivity contribution >= 4 is 0 Å². The Kier molecular flexibility index (Phi) is 2.77. The van der Waals surface area contributed by atoms with Crippen molar-refractivity contribution in [1.29, 1.82) is 0 Å². The molecule has 2 heterocycles. The molecule has 4 heteroatoms. The lowest BCUT2D eigenvalue weighted by atomic mass is 10.0.